The number of rotatable bonds is 17. The number of nitrogens with zero attached hydrogens (tertiary/aromatic N) is 8. The second-order valence-corrected chi connectivity index (χ2v) is 22.9. The first kappa shape index (κ1) is 56.9. The normalized spacial score (nSPS) is 19.1. The number of thiazole rings is 1. The fraction of sp³-hybridized carbons (Fsp3) is 0.492. The van der Waals surface area contributed by atoms with Gasteiger partial charge in [0.2, 0.25) is 12.3 Å². The minimum absolute atomic E-state index is 0.0455. The molecule has 0 radical (unpaired) electrons. The van der Waals surface area contributed by atoms with Crippen LogP contribution in [0.3, 0.4) is 0 Å². The molecule has 79 heavy (non-hydrogen) atoms. The van der Waals surface area contributed by atoms with Gasteiger partial charge in [0, 0.05) is 62.1 Å². The molecule has 3 aromatic carbocycles. The minimum atomic E-state index is -0.558. The van der Waals surface area contributed by atoms with E-state index in [0.717, 1.165) is 118 Å². The first-order chi connectivity index (χ1) is 38.3. The van der Waals surface area contributed by atoms with Crippen molar-refractivity contribution in [2.24, 2.45) is 5.41 Å². The van der Waals surface area contributed by atoms with Gasteiger partial charge in [-0.2, -0.15) is 9.97 Å². The number of anilines is 1. The molecule has 2 amide bonds. The van der Waals surface area contributed by atoms with E-state index in [9.17, 15) is 14.7 Å². The van der Waals surface area contributed by atoms with E-state index in [-0.39, 0.29) is 52.8 Å². The Kier molecular flexibility index (Phi) is 18.7. The second-order valence-electron chi connectivity index (χ2n) is 22.0. The number of amides is 2. The average molecular weight is 1100 g/mol. The van der Waals surface area contributed by atoms with Crippen LogP contribution in [-0.4, -0.2) is 123 Å². The van der Waals surface area contributed by atoms with E-state index < -0.39 is 5.82 Å². The van der Waals surface area contributed by atoms with Gasteiger partial charge in [-0.15, -0.1) is 11.3 Å². The van der Waals surface area contributed by atoms with Gasteiger partial charge < -0.3 is 39.5 Å². The predicted octanol–water partition coefficient (Wildman–Crippen LogP) is 11.0. The third-order valence-electron chi connectivity index (χ3n) is 16.0. The zero-order chi connectivity index (χ0) is 55.6. The smallest absolute Gasteiger partial charge is 0.319 e. The summed E-state index contributed by atoms with van der Waals surface area (Å²) in [4.78, 5) is 49.3. The average Bonchev–Trinajstić information content (AvgIpc) is 4.41. The number of aromatic hydroxyl groups is 1. The number of phenols is 1. The quantitative estimate of drug-likeness (QED) is 0.0732. The number of hydrogen-bond donors (Lipinski definition) is 3. The minimum Gasteiger partial charge on any atom is -0.508 e. The lowest BCUT2D eigenvalue weighted by atomic mass is 9.78. The van der Waals surface area contributed by atoms with Gasteiger partial charge in [-0.05, 0) is 135 Å². The van der Waals surface area contributed by atoms with Gasteiger partial charge in [0.25, 0.3) is 5.88 Å². The highest BCUT2D eigenvalue weighted by Gasteiger charge is 2.35. The molecule has 4 atom stereocenters. The van der Waals surface area contributed by atoms with Gasteiger partial charge in [0.1, 0.15) is 35.1 Å². The maximum Gasteiger partial charge on any atom is 0.319 e. The van der Waals surface area contributed by atoms with E-state index in [2.05, 4.69) is 77.3 Å². The van der Waals surface area contributed by atoms with Crippen molar-refractivity contribution in [3.63, 3.8) is 0 Å². The molecule has 4 aliphatic rings. The van der Waals surface area contributed by atoms with Crippen LogP contribution in [0.15, 0.2) is 76.9 Å². The number of piperidine rings is 1. The zero-order valence-corrected chi connectivity index (χ0v) is 47.7. The lowest BCUT2D eigenvalue weighted by Gasteiger charge is -2.39. The van der Waals surface area contributed by atoms with Gasteiger partial charge in [-0.3, -0.25) is 19.5 Å². The summed E-state index contributed by atoms with van der Waals surface area (Å²) in [7, 11) is 0. The number of pyridine rings is 1. The Morgan fingerprint density at radius 1 is 1.00 bits per heavy atom. The number of ether oxygens (including phenoxy) is 2. The number of fused-ring (bicyclic) bond motifs is 4. The number of phenolic OH excluding ortho intramolecular Hbond substituents is 1. The number of piperazine rings is 1. The molecule has 7 aromatic rings. The first-order valence-electron chi connectivity index (χ1n) is 28.3. The van der Waals surface area contributed by atoms with Crippen molar-refractivity contribution >= 4 is 51.1 Å². The molecule has 4 fully saturated rings. The van der Waals surface area contributed by atoms with Crippen molar-refractivity contribution in [1.29, 1.82) is 0 Å². The highest BCUT2D eigenvalue weighted by atomic mass is 32.1. The highest BCUT2D eigenvalue weighted by Crippen LogP contribution is 2.40. The molecule has 0 aliphatic carbocycles. The summed E-state index contributed by atoms with van der Waals surface area (Å²) in [6, 6.07) is 20.3. The number of carbonyl (C=O) groups is 2. The summed E-state index contributed by atoms with van der Waals surface area (Å²) >= 11 is 1.64. The summed E-state index contributed by atoms with van der Waals surface area (Å²) < 4.78 is 34.6. The molecule has 18 heteroatoms. The molecule has 0 saturated carbocycles. The number of carbonyl (C=O) groups excluding carboxylic acids is 2. The van der Waals surface area contributed by atoms with Crippen LogP contribution in [0.4, 0.5) is 10.2 Å². The fourth-order valence-corrected chi connectivity index (χ4v) is 12.2. The summed E-state index contributed by atoms with van der Waals surface area (Å²) in [5.74, 6) is 1.16. The van der Waals surface area contributed by atoms with E-state index >= 15 is 4.39 Å². The lowest BCUT2D eigenvalue weighted by molar-refractivity contribution is -0.131. The van der Waals surface area contributed by atoms with Gasteiger partial charge >= 0.3 is 6.01 Å². The summed E-state index contributed by atoms with van der Waals surface area (Å²) in [6.45, 7) is 20.4. The molecule has 4 aromatic heterocycles. The molecular weight excluding hydrogens is 1020 g/mol. The first-order valence-corrected chi connectivity index (χ1v) is 29.2. The lowest BCUT2D eigenvalue weighted by Crippen LogP contribution is -2.51. The maximum atomic E-state index is 17.0. The Morgan fingerprint density at radius 2 is 1.76 bits per heavy atom. The van der Waals surface area contributed by atoms with E-state index in [1.807, 2.05) is 54.6 Å². The molecule has 0 spiro atoms. The van der Waals surface area contributed by atoms with Crippen LogP contribution < -0.4 is 25.0 Å². The van der Waals surface area contributed by atoms with Gasteiger partial charge in [-0.25, -0.2) is 9.37 Å². The number of nitrogens with one attached hydrogen (secondary N) is 2. The Balaban J connectivity index is 0.000000319. The number of benzene rings is 3. The van der Waals surface area contributed by atoms with Crippen LogP contribution in [0.1, 0.15) is 122 Å². The summed E-state index contributed by atoms with van der Waals surface area (Å²) in [5.41, 5.74) is 7.19. The number of hydrogen-bond acceptors (Lipinski definition) is 15. The molecule has 4 unspecified atom stereocenters. The largest absolute Gasteiger partial charge is 0.508 e. The molecule has 3 N–H and O–H groups in total. The van der Waals surface area contributed by atoms with Crippen molar-refractivity contribution in [2.45, 2.75) is 137 Å². The third kappa shape index (κ3) is 13.6. The number of halogens is 1. The number of likely N-dealkylation sites (tertiary alicyclic amines) is 2. The molecule has 8 heterocycles. The number of aryl methyl sites for hydroxylation is 2. The molecule has 16 nitrogen and oxygen atoms in total. The number of aromatic nitrogens is 5. The maximum absolute atomic E-state index is 17.0. The third-order valence-corrected chi connectivity index (χ3v) is 17.0. The SMILES string of the molecule is CCC.CCc1cccc2cc(O)cc(-c3ncc4c(N5CC6CCC(C5)N6)nc(OCCN5CCC(C)(CCOc6cc(CC(=O)N7CCCC7C)on6)CC5)nc4c3F)c12.Cc1ncsc1-c1ccc(C(C)NC=O)cc1. The predicted molar refractivity (Wildman–Crippen MR) is 309 cm³/mol. The molecule has 4 saturated heterocycles. The van der Waals surface area contributed by atoms with Gasteiger partial charge in [-0.1, -0.05) is 76.6 Å². The van der Waals surface area contributed by atoms with Crippen molar-refractivity contribution in [2.75, 3.05) is 57.4 Å². The van der Waals surface area contributed by atoms with Crippen molar-refractivity contribution in [3.8, 4) is 39.3 Å². The van der Waals surface area contributed by atoms with Crippen LogP contribution in [0, 0.1) is 18.2 Å². The van der Waals surface area contributed by atoms with Crippen LogP contribution in [-0.2, 0) is 22.4 Å². The van der Waals surface area contributed by atoms with Crippen LogP contribution in [0.5, 0.6) is 17.6 Å². The monoisotopic (exact) mass is 1100 g/mol. The van der Waals surface area contributed by atoms with Crippen LogP contribution >= 0.6 is 11.3 Å². The van der Waals surface area contributed by atoms with Crippen molar-refractivity contribution in [1.82, 2.24) is 45.5 Å². The molecule has 11 rings (SSSR count). The summed E-state index contributed by atoms with van der Waals surface area (Å²) in [6.07, 6.45) is 11.8. The Morgan fingerprint density at radius 3 is 2.44 bits per heavy atom. The fourth-order valence-electron chi connectivity index (χ4n) is 11.4. The van der Waals surface area contributed by atoms with E-state index in [1.165, 1.54) is 16.9 Å². The molecule has 2 bridgehead atoms. The van der Waals surface area contributed by atoms with E-state index in [0.29, 0.717) is 60.2 Å². The Labute approximate surface area is 467 Å². The van der Waals surface area contributed by atoms with Gasteiger partial charge in [0.05, 0.1) is 40.5 Å². The zero-order valence-electron chi connectivity index (χ0n) is 46.9. The topological polar surface area (TPSA) is 184 Å². The van der Waals surface area contributed by atoms with Crippen LogP contribution in [0.2, 0.25) is 0 Å². The van der Waals surface area contributed by atoms with Crippen LogP contribution in [0.25, 0.3) is 43.4 Å². The standard InChI is InChI=1S/C45H55FN8O5.C13H14N2OS.C3H8/c1-4-29-8-5-9-30-21-33(55)22-35(39(29)30)41-40(46)42-36(25-47-41)43(53-26-31-10-11-32(27-53)48-31)50-44(49-42)58-20-18-52-16-12-45(3,13-17-52)14-19-57-37-23-34(59-51-37)24-38(56)54-15-6-7-28(54)2;1-9(14-7-16)11-3-5-12(6-4-11)13-10(2)15-8-17-13;1-3-2/h5,8-9,21-23,25,28,31-32,48,55H,4,6-7,10-20,24,26-27H2,1-3H3;3-9H,1-2H3,(H,14,16);3H2,1-2H3. The van der Waals surface area contributed by atoms with Crippen molar-refractivity contribution in [3.05, 3.63) is 101 Å². The van der Waals surface area contributed by atoms with Gasteiger partial charge in [0.15, 0.2) is 5.82 Å². The summed E-state index contributed by atoms with van der Waals surface area (Å²) in [5, 5.41) is 23.4. The Hall–Kier alpha value is -6.76. The molecule has 4 aliphatic heterocycles. The van der Waals surface area contributed by atoms with Crippen molar-refractivity contribution < 1.29 is 33.1 Å². The molecular formula is C61H77FN10O6S. The highest BCUT2D eigenvalue weighted by molar-refractivity contribution is 7.13. The van der Waals surface area contributed by atoms with E-state index in [4.69, 9.17) is 28.9 Å². The molecule has 420 valence electrons. The Bertz CT molecular complexity index is 3170. The van der Waals surface area contributed by atoms with E-state index in [1.54, 1.807) is 35.7 Å². The second kappa shape index (κ2) is 26.0.